The van der Waals surface area contributed by atoms with Crippen molar-refractivity contribution in [2.24, 2.45) is 0 Å². The molecule has 0 saturated carbocycles. The van der Waals surface area contributed by atoms with E-state index in [1.807, 2.05) is 23.6 Å². The van der Waals surface area contributed by atoms with Crippen molar-refractivity contribution in [3.05, 3.63) is 48.0 Å². The molecular weight excluding hydrogens is 462 g/mol. The molecule has 1 aliphatic heterocycles. The smallest absolute Gasteiger partial charge is 0.228 e. The number of thiazole rings is 1. The first-order chi connectivity index (χ1) is 17.2. The number of rotatable bonds is 6. The number of methoxy groups -OCH3 is 2. The van der Waals surface area contributed by atoms with Gasteiger partial charge in [0.25, 0.3) is 0 Å². The number of fused-ring (bicyclic) bond motifs is 3. The second-order valence-electron chi connectivity index (χ2n) is 8.25. The molecule has 178 valence electrons. The first kappa shape index (κ1) is 21.6. The molecule has 3 N–H and O–H groups in total. The summed E-state index contributed by atoms with van der Waals surface area (Å²) in [5.41, 5.74) is 4.84. The van der Waals surface area contributed by atoms with Gasteiger partial charge in [0.15, 0.2) is 22.4 Å². The van der Waals surface area contributed by atoms with E-state index < -0.39 is 0 Å². The summed E-state index contributed by atoms with van der Waals surface area (Å²) in [4.78, 5) is 20.1. The van der Waals surface area contributed by atoms with E-state index >= 15 is 0 Å². The highest BCUT2D eigenvalue weighted by Gasteiger charge is 2.20. The normalized spacial score (nSPS) is 13.9. The van der Waals surface area contributed by atoms with Gasteiger partial charge in [0.1, 0.15) is 11.0 Å². The molecule has 0 atom stereocenters. The summed E-state index contributed by atoms with van der Waals surface area (Å²) < 4.78 is 10.9. The van der Waals surface area contributed by atoms with Gasteiger partial charge in [0, 0.05) is 48.7 Å². The second-order valence-corrected chi connectivity index (χ2v) is 9.14. The number of anilines is 3. The summed E-state index contributed by atoms with van der Waals surface area (Å²) in [7, 11) is 3.29. The highest BCUT2D eigenvalue weighted by molar-refractivity contribution is 7.13. The lowest BCUT2D eigenvalue weighted by atomic mass is 10.0. The van der Waals surface area contributed by atoms with Gasteiger partial charge < -0.3 is 30.0 Å². The average molecular weight is 488 g/mol. The van der Waals surface area contributed by atoms with Crippen LogP contribution in [0.5, 0.6) is 11.5 Å². The lowest BCUT2D eigenvalue weighted by Crippen LogP contribution is -2.44. The van der Waals surface area contributed by atoms with E-state index in [0.29, 0.717) is 11.5 Å². The Morgan fingerprint density at radius 2 is 1.77 bits per heavy atom. The molecule has 0 radical (unpaired) electrons. The van der Waals surface area contributed by atoms with E-state index in [9.17, 15) is 0 Å². The quantitative estimate of drug-likeness (QED) is 0.324. The van der Waals surface area contributed by atoms with Crippen LogP contribution in [0.25, 0.3) is 33.1 Å². The molecular formula is C25H25N7O2S. The number of aromatic amines is 1. The van der Waals surface area contributed by atoms with Crippen molar-refractivity contribution in [3.63, 3.8) is 0 Å². The van der Waals surface area contributed by atoms with Crippen LogP contribution in [0.4, 0.5) is 16.9 Å². The van der Waals surface area contributed by atoms with Crippen LogP contribution in [0.2, 0.25) is 0 Å². The summed E-state index contributed by atoms with van der Waals surface area (Å²) in [5, 5.41) is 10.6. The van der Waals surface area contributed by atoms with Gasteiger partial charge in [-0.15, -0.1) is 11.3 Å². The Labute approximate surface area is 206 Å². The maximum atomic E-state index is 5.50. The van der Waals surface area contributed by atoms with Gasteiger partial charge in [-0.25, -0.2) is 9.97 Å². The number of piperazine rings is 1. The summed E-state index contributed by atoms with van der Waals surface area (Å²) >= 11 is 1.54. The third-order valence-corrected chi connectivity index (χ3v) is 6.89. The highest BCUT2D eigenvalue weighted by Crippen LogP contribution is 2.36. The van der Waals surface area contributed by atoms with Crippen molar-refractivity contribution < 1.29 is 9.47 Å². The Bertz CT molecular complexity index is 1490. The minimum absolute atomic E-state index is 0.697. The molecule has 1 saturated heterocycles. The SMILES string of the molecule is COc1ccc(-c2ccc3c(c2)[nH]c2c(Nc4nccs4)nc(N4CCNCC4)nc23)cc1OC. The minimum atomic E-state index is 0.697. The molecule has 4 heterocycles. The van der Waals surface area contributed by atoms with Gasteiger partial charge in [0.2, 0.25) is 5.95 Å². The number of nitrogens with one attached hydrogen (secondary N) is 3. The Morgan fingerprint density at radius 1 is 0.971 bits per heavy atom. The molecule has 0 bridgehead atoms. The van der Waals surface area contributed by atoms with Gasteiger partial charge in [-0.1, -0.05) is 18.2 Å². The minimum Gasteiger partial charge on any atom is -0.493 e. The van der Waals surface area contributed by atoms with Crippen molar-refractivity contribution in [1.82, 2.24) is 25.3 Å². The summed E-state index contributed by atoms with van der Waals surface area (Å²) in [5.74, 6) is 2.85. The third kappa shape index (κ3) is 4.00. The molecule has 6 rings (SSSR count). The fourth-order valence-corrected chi connectivity index (χ4v) is 4.96. The van der Waals surface area contributed by atoms with E-state index in [0.717, 1.165) is 76.1 Å². The van der Waals surface area contributed by atoms with E-state index in [1.54, 1.807) is 20.4 Å². The molecule has 9 nitrogen and oxygen atoms in total. The fraction of sp³-hybridized carbons (Fsp3) is 0.240. The first-order valence-corrected chi connectivity index (χ1v) is 12.3. The Morgan fingerprint density at radius 3 is 2.54 bits per heavy atom. The fourth-order valence-electron chi connectivity index (χ4n) is 4.43. The molecule has 0 amide bonds. The van der Waals surface area contributed by atoms with Crippen LogP contribution in [-0.4, -0.2) is 60.3 Å². The zero-order chi connectivity index (χ0) is 23.8. The maximum Gasteiger partial charge on any atom is 0.228 e. The van der Waals surface area contributed by atoms with Crippen molar-refractivity contribution >= 4 is 50.2 Å². The Balaban J connectivity index is 1.48. The van der Waals surface area contributed by atoms with Gasteiger partial charge in [-0.2, -0.15) is 4.98 Å². The Hall–Kier alpha value is -3.89. The van der Waals surface area contributed by atoms with E-state index in [2.05, 4.69) is 43.7 Å². The van der Waals surface area contributed by atoms with E-state index in [4.69, 9.17) is 19.4 Å². The summed E-state index contributed by atoms with van der Waals surface area (Å²) in [6.45, 7) is 3.57. The van der Waals surface area contributed by atoms with Crippen molar-refractivity contribution in [3.8, 4) is 22.6 Å². The zero-order valence-electron chi connectivity index (χ0n) is 19.5. The lowest BCUT2D eigenvalue weighted by molar-refractivity contribution is 0.355. The number of benzene rings is 2. The monoisotopic (exact) mass is 487 g/mol. The molecule has 1 aliphatic rings. The largest absolute Gasteiger partial charge is 0.493 e. The second kappa shape index (κ2) is 9.05. The van der Waals surface area contributed by atoms with Crippen LogP contribution < -0.4 is 25.0 Å². The molecule has 0 spiro atoms. The van der Waals surface area contributed by atoms with Crippen LogP contribution >= 0.6 is 11.3 Å². The van der Waals surface area contributed by atoms with Crippen molar-refractivity contribution in [2.75, 3.05) is 50.6 Å². The first-order valence-electron chi connectivity index (χ1n) is 11.4. The number of hydrogen-bond acceptors (Lipinski definition) is 9. The van der Waals surface area contributed by atoms with Gasteiger partial charge >= 0.3 is 0 Å². The predicted octanol–water partition coefficient (Wildman–Crippen LogP) is 4.41. The maximum absolute atomic E-state index is 5.50. The van der Waals surface area contributed by atoms with Crippen LogP contribution in [-0.2, 0) is 0 Å². The number of H-pyrrole nitrogens is 1. The molecule has 2 aromatic carbocycles. The van der Waals surface area contributed by atoms with Crippen LogP contribution in [0.3, 0.4) is 0 Å². The van der Waals surface area contributed by atoms with E-state index in [-0.39, 0.29) is 0 Å². The van der Waals surface area contributed by atoms with Crippen LogP contribution in [0, 0.1) is 0 Å². The van der Waals surface area contributed by atoms with Crippen molar-refractivity contribution in [1.29, 1.82) is 0 Å². The molecule has 3 aromatic heterocycles. The van der Waals surface area contributed by atoms with Crippen LogP contribution in [0.1, 0.15) is 0 Å². The van der Waals surface area contributed by atoms with Gasteiger partial charge in [0.05, 0.1) is 14.2 Å². The molecule has 5 aromatic rings. The number of aromatic nitrogens is 4. The average Bonchev–Trinajstić information content (AvgIpc) is 3.56. The topological polar surface area (TPSA) is 100 Å². The number of hydrogen-bond donors (Lipinski definition) is 3. The van der Waals surface area contributed by atoms with Crippen LogP contribution in [0.15, 0.2) is 48.0 Å². The standard InChI is InChI=1S/C25H25N7O2S/c1-33-19-6-4-16(14-20(19)34-2)15-3-5-17-18(13-15)28-22-21(17)29-24(32-10-7-26-8-11-32)30-23(22)31-25-27-9-12-35-25/h3-6,9,12-14,26,28H,7-8,10-11H2,1-2H3,(H,27,29,30,31). The molecule has 0 aliphatic carbocycles. The van der Waals surface area contributed by atoms with Gasteiger partial charge in [-0.3, -0.25) is 0 Å². The molecule has 10 heteroatoms. The third-order valence-electron chi connectivity index (χ3n) is 6.21. The number of ether oxygens (including phenoxy) is 2. The molecule has 1 fully saturated rings. The Kier molecular flexibility index (Phi) is 5.59. The predicted molar refractivity (Wildman–Crippen MR) is 140 cm³/mol. The molecule has 35 heavy (non-hydrogen) atoms. The zero-order valence-corrected chi connectivity index (χ0v) is 20.3. The van der Waals surface area contributed by atoms with Crippen molar-refractivity contribution in [2.45, 2.75) is 0 Å². The summed E-state index contributed by atoms with van der Waals surface area (Å²) in [6, 6.07) is 12.3. The molecule has 0 unspecified atom stereocenters. The summed E-state index contributed by atoms with van der Waals surface area (Å²) in [6.07, 6.45) is 1.78. The lowest BCUT2D eigenvalue weighted by Gasteiger charge is -2.27. The highest BCUT2D eigenvalue weighted by atomic mass is 32.1. The number of nitrogens with zero attached hydrogens (tertiary/aromatic N) is 4. The van der Waals surface area contributed by atoms with E-state index in [1.165, 1.54) is 11.3 Å². The van der Waals surface area contributed by atoms with Gasteiger partial charge in [-0.05, 0) is 29.3 Å².